The van der Waals surface area contributed by atoms with Crippen LogP contribution < -0.4 is 5.32 Å². The van der Waals surface area contributed by atoms with E-state index in [9.17, 15) is 4.79 Å². The smallest absolute Gasteiger partial charge is 0.322 e. The summed E-state index contributed by atoms with van der Waals surface area (Å²) >= 11 is 0. The molecule has 2 aromatic carbocycles. The summed E-state index contributed by atoms with van der Waals surface area (Å²) < 4.78 is 5.50. The van der Waals surface area contributed by atoms with Crippen molar-refractivity contribution in [2.45, 2.75) is 26.2 Å². The number of amides is 1. The molecule has 1 aromatic heterocycles. The van der Waals surface area contributed by atoms with Crippen molar-refractivity contribution in [1.29, 1.82) is 0 Å². The maximum atomic E-state index is 11.9. The van der Waals surface area contributed by atoms with Crippen molar-refractivity contribution >= 4 is 18.0 Å². The molecule has 0 aliphatic heterocycles. The minimum Gasteiger partial charge on any atom is -0.407 e. The number of hydrogen-bond acceptors (Lipinski definition) is 4. The highest BCUT2D eigenvalue weighted by Crippen LogP contribution is 2.17. The maximum absolute atomic E-state index is 11.9. The van der Waals surface area contributed by atoms with Crippen LogP contribution in [0.15, 0.2) is 65.1 Å². The first kappa shape index (κ1) is 17.6. The van der Waals surface area contributed by atoms with E-state index < -0.39 is 0 Å². The van der Waals surface area contributed by atoms with Gasteiger partial charge in [-0.1, -0.05) is 73.5 Å². The molecule has 5 nitrogen and oxygen atoms in total. The van der Waals surface area contributed by atoms with Crippen LogP contribution >= 0.6 is 0 Å². The topological polar surface area (TPSA) is 68.0 Å². The number of aromatic nitrogens is 2. The molecule has 132 valence electrons. The van der Waals surface area contributed by atoms with Gasteiger partial charge in [-0.05, 0) is 28.7 Å². The van der Waals surface area contributed by atoms with Gasteiger partial charge in [0.1, 0.15) is 0 Å². The van der Waals surface area contributed by atoms with Crippen LogP contribution in [0.4, 0.5) is 6.01 Å². The van der Waals surface area contributed by atoms with E-state index in [1.54, 1.807) is 6.08 Å². The zero-order valence-electron chi connectivity index (χ0n) is 14.8. The highest BCUT2D eigenvalue weighted by Gasteiger charge is 2.09. The van der Waals surface area contributed by atoms with Crippen LogP contribution in [0, 0.1) is 0 Å². The summed E-state index contributed by atoms with van der Waals surface area (Å²) in [5.74, 6) is 0.646. The van der Waals surface area contributed by atoms with Gasteiger partial charge in [0.05, 0.1) is 6.42 Å². The molecule has 0 aliphatic carbocycles. The second-order valence-corrected chi connectivity index (χ2v) is 6.31. The van der Waals surface area contributed by atoms with E-state index in [4.69, 9.17) is 4.42 Å². The third-order valence-corrected chi connectivity index (χ3v) is 3.93. The first-order valence-corrected chi connectivity index (χ1v) is 8.55. The fraction of sp³-hybridized carbons (Fsp3) is 0.190. The van der Waals surface area contributed by atoms with Crippen molar-refractivity contribution in [2.24, 2.45) is 0 Å². The molecule has 0 atom stereocenters. The number of nitrogens with one attached hydrogen (secondary N) is 1. The van der Waals surface area contributed by atoms with Gasteiger partial charge in [-0.15, -0.1) is 5.10 Å². The van der Waals surface area contributed by atoms with Crippen molar-refractivity contribution in [1.82, 2.24) is 10.2 Å². The molecule has 3 aromatic rings. The first-order chi connectivity index (χ1) is 12.6. The molecule has 0 saturated heterocycles. The Labute approximate surface area is 152 Å². The molecule has 0 aliphatic rings. The van der Waals surface area contributed by atoms with Crippen molar-refractivity contribution in [3.63, 3.8) is 0 Å². The summed E-state index contributed by atoms with van der Waals surface area (Å²) in [6.07, 6.45) is 3.69. The molecule has 5 heteroatoms. The Morgan fingerprint density at radius 2 is 1.81 bits per heavy atom. The largest absolute Gasteiger partial charge is 0.407 e. The minimum absolute atomic E-state index is 0.0986. The number of hydrogen-bond donors (Lipinski definition) is 1. The molecule has 1 heterocycles. The van der Waals surface area contributed by atoms with Crippen LogP contribution in [-0.2, 0) is 11.2 Å². The Morgan fingerprint density at radius 3 is 2.50 bits per heavy atom. The third-order valence-electron chi connectivity index (χ3n) is 3.93. The Morgan fingerprint density at radius 1 is 1.08 bits per heavy atom. The molecule has 1 amide bonds. The zero-order chi connectivity index (χ0) is 18.4. The third kappa shape index (κ3) is 4.89. The molecule has 0 saturated carbocycles. The number of carbonyl (C=O) groups is 1. The summed E-state index contributed by atoms with van der Waals surface area (Å²) in [6.45, 7) is 4.32. The number of carbonyl (C=O) groups excluding carboxylic acids is 1. The van der Waals surface area contributed by atoms with Crippen LogP contribution in [-0.4, -0.2) is 16.1 Å². The quantitative estimate of drug-likeness (QED) is 0.670. The van der Waals surface area contributed by atoms with Crippen LogP contribution in [0.5, 0.6) is 0 Å². The highest BCUT2D eigenvalue weighted by molar-refractivity contribution is 6.00. The van der Waals surface area contributed by atoms with E-state index in [-0.39, 0.29) is 11.9 Å². The molecule has 0 fully saturated rings. The molecule has 0 bridgehead atoms. The van der Waals surface area contributed by atoms with E-state index in [0.29, 0.717) is 18.2 Å². The second-order valence-electron chi connectivity index (χ2n) is 6.31. The van der Waals surface area contributed by atoms with Gasteiger partial charge in [-0.3, -0.25) is 10.1 Å². The van der Waals surface area contributed by atoms with Crippen molar-refractivity contribution < 1.29 is 9.21 Å². The van der Waals surface area contributed by atoms with Crippen molar-refractivity contribution in [3.05, 3.63) is 83.3 Å². The number of benzene rings is 2. The Balaban J connectivity index is 1.57. The summed E-state index contributed by atoms with van der Waals surface area (Å²) in [4.78, 5) is 11.9. The average Bonchev–Trinajstić information content (AvgIpc) is 3.08. The first-order valence-electron chi connectivity index (χ1n) is 8.55. The van der Waals surface area contributed by atoms with Crippen molar-refractivity contribution in [2.75, 3.05) is 5.32 Å². The fourth-order valence-electron chi connectivity index (χ4n) is 2.45. The summed E-state index contributed by atoms with van der Waals surface area (Å²) in [5.41, 5.74) is 3.32. The maximum Gasteiger partial charge on any atom is 0.322 e. The predicted molar refractivity (Wildman–Crippen MR) is 102 cm³/mol. The van der Waals surface area contributed by atoms with Gasteiger partial charge in [-0.2, -0.15) is 0 Å². The Kier molecular flexibility index (Phi) is 5.59. The second kappa shape index (κ2) is 8.25. The lowest BCUT2D eigenvalue weighted by Gasteiger charge is -2.05. The van der Waals surface area contributed by atoms with E-state index in [1.807, 2.05) is 30.3 Å². The van der Waals surface area contributed by atoms with Crippen LogP contribution in [0.25, 0.3) is 6.08 Å². The zero-order valence-corrected chi connectivity index (χ0v) is 14.8. The molecule has 1 N–H and O–H groups in total. The molecular formula is C21H21N3O2. The molecule has 0 radical (unpaired) electrons. The lowest BCUT2D eigenvalue weighted by atomic mass is 10.0. The molecular weight excluding hydrogens is 326 g/mol. The van der Waals surface area contributed by atoms with E-state index in [0.717, 1.165) is 11.1 Å². The lowest BCUT2D eigenvalue weighted by molar-refractivity contribution is -0.112. The predicted octanol–water partition coefficient (Wildman–Crippen LogP) is 4.44. The van der Waals surface area contributed by atoms with Gasteiger partial charge < -0.3 is 4.42 Å². The number of rotatable bonds is 6. The van der Waals surface area contributed by atoms with Crippen LogP contribution in [0.3, 0.4) is 0 Å². The van der Waals surface area contributed by atoms with Gasteiger partial charge in [0, 0.05) is 6.08 Å². The Hall–Kier alpha value is -3.21. The number of anilines is 1. The van der Waals surface area contributed by atoms with E-state index in [2.05, 4.69) is 53.6 Å². The average molecular weight is 347 g/mol. The summed E-state index contributed by atoms with van der Waals surface area (Å²) in [6, 6.07) is 18.0. The summed E-state index contributed by atoms with van der Waals surface area (Å²) in [7, 11) is 0. The van der Waals surface area contributed by atoms with E-state index in [1.165, 1.54) is 11.6 Å². The highest BCUT2D eigenvalue weighted by atomic mass is 16.4. The van der Waals surface area contributed by atoms with Gasteiger partial charge in [0.15, 0.2) is 0 Å². The fourth-order valence-corrected chi connectivity index (χ4v) is 2.45. The van der Waals surface area contributed by atoms with Gasteiger partial charge >= 0.3 is 6.01 Å². The lowest BCUT2D eigenvalue weighted by Crippen LogP contribution is -2.07. The number of nitrogens with zero attached hydrogens (tertiary/aromatic N) is 2. The Bertz CT molecular complexity index is 881. The standard InChI is InChI=1S/C21H21N3O2/c1-15(2)18-11-8-17(9-12-18)14-20-23-24-21(26-20)22-19(25)13-10-16-6-4-3-5-7-16/h3-13,15H,14H2,1-2H3,(H,22,24,25). The van der Waals surface area contributed by atoms with Gasteiger partial charge in [-0.25, -0.2) is 0 Å². The minimum atomic E-state index is -0.315. The molecule has 0 spiro atoms. The van der Waals surface area contributed by atoms with Gasteiger partial charge in [0.25, 0.3) is 5.91 Å². The van der Waals surface area contributed by atoms with Gasteiger partial charge in [0.2, 0.25) is 5.89 Å². The summed E-state index contributed by atoms with van der Waals surface area (Å²) in [5, 5.41) is 10.4. The van der Waals surface area contributed by atoms with Crippen LogP contribution in [0.2, 0.25) is 0 Å². The van der Waals surface area contributed by atoms with E-state index >= 15 is 0 Å². The molecule has 3 rings (SSSR count). The van der Waals surface area contributed by atoms with Crippen molar-refractivity contribution in [3.8, 4) is 0 Å². The SMILES string of the molecule is CC(C)c1ccc(Cc2nnc(NC(=O)C=Cc3ccccc3)o2)cc1. The van der Waals surface area contributed by atoms with Crippen LogP contribution in [0.1, 0.15) is 42.3 Å². The molecule has 26 heavy (non-hydrogen) atoms. The molecule has 0 unspecified atom stereocenters. The normalized spacial score (nSPS) is 11.2. The monoisotopic (exact) mass is 347 g/mol.